The van der Waals surface area contributed by atoms with Gasteiger partial charge in [-0.25, -0.2) is 0 Å². The van der Waals surface area contributed by atoms with Crippen LogP contribution in [0.4, 0.5) is 0 Å². The van der Waals surface area contributed by atoms with Crippen molar-refractivity contribution in [2.75, 3.05) is 6.54 Å². The molecule has 1 aliphatic rings. The highest BCUT2D eigenvalue weighted by Crippen LogP contribution is 2.26. The van der Waals surface area contributed by atoms with Gasteiger partial charge in [0.15, 0.2) is 5.78 Å². The van der Waals surface area contributed by atoms with Crippen LogP contribution in [-0.4, -0.2) is 28.7 Å². The maximum absolute atomic E-state index is 12.3. The Kier molecular flexibility index (Phi) is 3.78. The molecule has 2 rings (SSSR count). The van der Waals surface area contributed by atoms with Gasteiger partial charge in [-0.05, 0) is 39.3 Å². The Balaban J connectivity index is 1.96. The third-order valence-electron chi connectivity index (χ3n) is 3.76. The van der Waals surface area contributed by atoms with Crippen LogP contribution in [-0.2, 0) is 16.0 Å². The maximum Gasteiger partial charge on any atom is 0.223 e. The zero-order chi connectivity index (χ0) is 14.0. The number of likely N-dealkylation sites (tertiary alicyclic amines) is 1. The molecule has 1 fully saturated rings. The van der Waals surface area contributed by atoms with E-state index in [9.17, 15) is 9.59 Å². The third kappa shape index (κ3) is 3.25. The molecule has 104 valence electrons. The van der Waals surface area contributed by atoms with Crippen molar-refractivity contribution in [2.24, 2.45) is 0 Å². The Hall–Kier alpha value is -1.58. The summed E-state index contributed by atoms with van der Waals surface area (Å²) in [6, 6.07) is 3.79. The Bertz CT molecular complexity index is 487. The minimum atomic E-state index is -0.218. The van der Waals surface area contributed by atoms with Crippen molar-refractivity contribution < 1.29 is 14.0 Å². The van der Waals surface area contributed by atoms with E-state index in [1.807, 2.05) is 32.9 Å². The highest BCUT2D eigenvalue weighted by Gasteiger charge is 2.36. The van der Waals surface area contributed by atoms with E-state index >= 15 is 0 Å². The molecule has 4 nitrogen and oxygen atoms in total. The van der Waals surface area contributed by atoms with Gasteiger partial charge in [0, 0.05) is 24.8 Å². The lowest BCUT2D eigenvalue weighted by molar-refractivity contribution is -0.144. The Labute approximate surface area is 113 Å². The molecule has 0 atom stereocenters. The van der Waals surface area contributed by atoms with Crippen molar-refractivity contribution in [3.63, 3.8) is 0 Å². The van der Waals surface area contributed by atoms with Crippen LogP contribution in [0.1, 0.15) is 44.6 Å². The van der Waals surface area contributed by atoms with Crippen LogP contribution in [0, 0.1) is 6.92 Å². The number of hydrogen-bond donors (Lipinski definition) is 0. The van der Waals surface area contributed by atoms with Gasteiger partial charge in [0.1, 0.15) is 11.5 Å². The van der Waals surface area contributed by atoms with Crippen molar-refractivity contribution in [3.05, 3.63) is 23.7 Å². The van der Waals surface area contributed by atoms with Crippen molar-refractivity contribution >= 4 is 11.7 Å². The monoisotopic (exact) mass is 263 g/mol. The summed E-state index contributed by atoms with van der Waals surface area (Å²) in [7, 11) is 0. The van der Waals surface area contributed by atoms with Crippen LogP contribution < -0.4 is 0 Å². The number of carbonyl (C=O) groups excluding carboxylic acids is 2. The molecule has 1 saturated heterocycles. The number of amides is 1. The van der Waals surface area contributed by atoms with E-state index in [1.54, 1.807) is 4.90 Å². The number of nitrogens with zero attached hydrogens (tertiary/aromatic N) is 1. The molecular weight excluding hydrogens is 242 g/mol. The topological polar surface area (TPSA) is 50.5 Å². The van der Waals surface area contributed by atoms with E-state index in [4.69, 9.17) is 4.42 Å². The number of Topliss-reactive ketones (excluding diaryl/α,β-unsaturated/α-hetero) is 1. The molecule has 1 aliphatic heterocycles. The predicted molar refractivity (Wildman–Crippen MR) is 71.8 cm³/mol. The van der Waals surface area contributed by atoms with Gasteiger partial charge >= 0.3 is 0 Å². The number of hydrogen-bond acceptors (Lipinski definition) is 3. The lowest BCUT2D eigenvalue weighted by Gasteiger charge is -2.41. The number of carbonyl (C=O) groups is 2. The molecular formula is C15H21NO3. The van der Waals surface area contributed by atoms with Crippen molar-refractivity contribution in [2.45, 2.75) is 52.0 Å². The molecule has 1 amide bonds. The van der Waals surface area contributed by atoms with E-state index in [2.05, 4.69) is 0 Å². The molecule has 0 aromatic carbocycles. The number of aryl methyl sites for hydroxylation is 2. The molecule has 2 heterocycles. The van der Waals surface area contributed by atoms with Gasteiger partial charge in [0.05, 0.1) is 6.54 Å². The Morgan fingerprint density at radius 2 is 2.16 bits per heavy atom. The fourth-order valence-electron chi connectivity index (χ4n) is 2.46. The molecule has 1 aromatic heterocycles. The van der Waals surface area contributed by atoms with Crippen LogP contribution in [0.15, 0.2) is 16.5 Å². The molecule has 0 aliphatic carbocycles. The van der Waals surface area contributed by atoms with Gasteiger partial charge in [0.2, 0.25) is 5.91 Å². The molecule has 4 heteroatoms. The van der Waals surface area contributed by atoms with Crippen LogP contribution in [0.2, 0.25) is 0 Å². The van der Waals surface area contributed by atoms with Crippen LogP contribution in [0.25, 0.3) is 0 Å². The van der Waals surface area contributed by atoms with Crippen molar-refractivity contribution in [1.82, 2.24) is 4.90 Å². The van der Waals surface area contributed by atoms with Crippen LogP contribution >= 0.6 is 0 Å². The molecule has 19 heavy (non-hydrogen) atoms. The molecule has 0 unspecified atom stereocenters. The summed E-state index contributed by atoms with van der Waals surface area (Å²) in [5.74, 6) is 1.87. The van der Waals surface area contributed by atoms with E-state index < -0.39 is 0 Å². The van der Waals surface area contributed by atoms with E-state index in [0.717, 1.165) is 17.9 Å². The fourth-order valence-corrected chi connectivity index (χ4v) is 2.46. The second-order valence-corrected chi connectivity index (χ2v) is 5.84. The zero-order valence-electron chi connectivity index (χ0n) is 11.9. The van der Waals surface area contributed by atoms with Gasteiger partial charge in [-0.15, -0.1) is 0 Å². The summed E-state index contributed by atoms with van der Waals surface area (Å²) in [5.41, 5.74) is -0.218. The standard InChI is InChI=1S/C15H21NO3/c1-11-4-5-13(19-11)6-7-14(18)16-10-12(17)8-9-15(16,2)3/h4-5H,6-10H2,1-3H3. The second kappa shape index (κ2) is 5.19. The third-order valence-corrected chi connectivity index (χ3v) is 3.76. The molecule has 0 bridgehead atoms. The van der Waals surface area contributed by atoms with Crippen LogP contribution in [0.5, 0.6) is 0 Å². The lowest BCUT2D eigenvalue weighted by atomic mass is 9.89. The first-order chi connectivity index (χ1) is 8.88. The smallest absolute Gasteiger partial charge is 0.223 e. The fraction of sp³-hybridized carbons (Fsp3) is 0.600. The molecule has 1 aromatic rings. The summed E-state index contributed by atoms with van der Waals surface area (Å²) in [6.45, 7) is 6.18. The largest absolute Gasteiger partial charge is 0.466 e. The molecule has 0 N–H and O–H groups in total. The summed E-state index contributed by atoms with van der Waals surface area (Å²) >= 11 is 0. The summed E-state index contributed by atoms with van der Waals surface area (Å²) in [6.07, 6.45) is 2.31. The average molecular weight is 263 g/mol. The predicted octanol–water partition coefficient (Wildman–Crippen LogP) is 2.49. The summed E-state index contributed by atoms with van der Waals surface area (Å²) < 4.78 is 5.46. The normalized spacial score (nSPS) is 18.7. The highest BCUT2D eigenvalue weighted by atomic mass is 16.3. The van der Waals surface area contributed by atoms with Gasteiger partial charge in [-0.3, -0.25) is 9.59 Å². The zero-order valence-corrected chi connectivity index (χ0v) is 11.9. The quantitative estimate of drug-likeness (QED) is 0.842. The first-order valence-electron chi connectivity index (χ1n) is 6.76. The van der Waals surface area contributed by atoms with E-state index in [1.165, 1.54) is 0 Å². The minimum Gasteiger partial charge on any atom is -0.466 e. The van der Waals surface area contributed by atoms with Crippen molar-refractivity contribution in [3.8, 4) is 0 Å². The minimum absolute atomic E-state index is 0.0344. The van der Waals surface area contributed by atoms with E-state index in [-0.39, 0.29) is 23.8 Å². The van der Waals surface area contributed by atoms with E-state index in [0.29, 0.717) is 19.3 Å². The second-order valence-electron chi connectivity index (χ2n) is 5.84. The number of ketones is 1. The maximum atomic E-state index is 12.3. The first-order valence-corrected chi connectivity index (χ1v) is 6.76. The lowest BCUT2D eigenvalue weighted by Crippen LogP contribution is -2.53. The van der Waals surface area contributed by atoms with Crippen LogP contribution in [0.3, 0.4) is 0 Å². The van der Waals surface area contributed by atoms with Gasteiger partial charge in [0.25, 0.3) is 0 Å². The number of furan rings is 1. The molecule has 0 radical (unpaired) electrons. The van der Waals surface area contributed by atoms with Gasteiger partial charge in [-0.2, -0.15) is 0 Å². The molecule has 0 saturated carbocycles. The summed E-state index contributed by atoms with van der Waals surface area (Å²) in [5, 5.41) is 0. The number of rotatable bonds is 3. The SMILES string of the molecule is Cc1ccc(CCC(=O)N2CC(=O)CCC2(C)C)o1. The summed E-state index contributed by atoms with van der Waals surface area (Å²) in [4.78, 5) is 25.5. The highest BCUT2D eigenvalue weighted by molar-refractivity contribution is 5.88. The van der Waals surface area contributed by atoms with Gasteiger partial charge in [-0.1, -0.05) is 0 Å². The first kappa shape index (κ1) is 13.8. The Morgan fingerprint density at radius 1 is 1.42 bits per heavy atom. The molecule has 0 spiro atoms. The van der Waals surface area contributed by atoms with Gasteiger partial charge < -0.3 is 9.32 Å². The van der Waals surface area contributed by atoms with Crippen molar-refractivity contribution in [1.29, 1.82) is 0 Å². The Morgan fingerprint density at radius 3 is 2.79 bits per heavy atom. The number of piperidine rings is 1. The average Bonchev–Trinajstić information content (AvgIpc) is 2.75.